The number of nitrogens with one attached hydrogen (secondary N) is 1. The standard InChI is InChI=1S/C28H32N4O/c1-7-28(20-11-8-10-19(14-20)24-17(2)31-32(6)18(24)3)21-12-9-13-29-26(21)30-22-15-27(4,5)16-23(33)25(22)28/h8-14H,7,15-16H2,1-6H3,(H,29,30)/t28-/m1/s1. The van der Waals surface area contributed by atoms with Crippen LogP contribution < -0.4 is 5.32 Å². The molecule has 1 atom stereocenters. The van der Waals surface area contributed by atoms with E-state index in [-0.39, 0.29) is 11.2 Å². The van der Waals surface area contributed by atoms with Gasteiger partial charge in [0.2, 0.25) is 0 Å². The lowest BCUT2D eigenvalue weighted by atomic mass is 9.59. The molecule has 3 heterocycles. The summed E-state index contributed by atoms with van der Waals surface area (Å²) in [6, 6.07) is 12.8. The molecule has 1 N–H and O–H groups in total. The number of pyridine rings is 1. The summed E-state index contributed by atoms with van der Waals surface area (Å²) in [7, 11) is 1.98. The molecule has 5 heteroatoms. The predicted octanol–water partition coefficient (Wildman–Crippen LogP) is 5.86. The summed E-state index contributed by atoms with van der Waals surface area (Å²) in [6.07, 6.45) is 4.01. The fourth-order valence-corrected chi connectivity index (χ4v) is 6.05. The van der Waals surface area contributed by atoms with Crippen molar-refractivity contribution in [1.29, 1.82) is 0 Å². The molecule has 0 amide bonds. The van der Waals surface area contributed by atoms with Crippen LogP contribution in [0.5, 0.6) is 0 Å². The topological polar surface area (TPSA) is 59.8 Å². The molecule has 1 aromatic carbocycles. The summed E-state index contributed by atoms with van der Waals surface area (Å²) in [5.41, 5.74) is 8.02. The van der Waals surface area contributed by atoms with Crippen LogP contribution in [0.2, 0.25) is 0 Å². The molecule has 3 aromatic rings. The monoisotopic (exact) mass is 440 g/mol. The second-order valence-corrected chi connectivity index (χ2v) is 10.3. The Balaban J connectivity index is 1.79. The zero-order chi connectivity index (χ0) is 23.5. The number of carbonyl (C=O) groups is 1. The molecule has 33 heavy (non-hydrogen) atoms. The van der Waals surface area contributed by atoms with Gasteiger partial charge < -0.3 is 5.32 Å². The second kappa shape index (κ2) is 7.41. The van der Waals surface area contributed by atoms with Crippen molar-refractivity contribution in [3.05, 3.63) is 76.4 Å². The number of hydrogen-bond acceptors (Lipinski definition) is 4. The Morgan fingerprint density at radius 2 is 1.91 bits per heavy atom. The Hall–Kier alpha value is -3.21. The molecule has 0 radical (unpaired) electrons. The number of hydrogen-bond donors (Lipinski definition) is 1. The first-order valence-corrected chi connectivity index (χ1v) is 11.8. The van der Waals surface area contributed by atoms with Gasteiger partial charge in [-0.1, -0.05) is 45.0 Å². The Labute approximate surface area is 195 Å². The number of benzene rings is 1. The van der Waals surface area contributed by atoms with Crippen molar-refractivity contribution in [2.75, 3.05) is 5.32 Å². The number of ketones is 1. The molecular formula is C28H32N4O. The van der Waals surface area contributed by atoms with Crippen LogP contribution in [0.25, 0.3) is 11.1 Å². The molecule has 0 fully saturated rings. The minimum absolute atomic E-state index is 0.0690. The average Bonchev–Trinajstić information content (AvgIpc) is 3.02. The van der Waals surface area contributed by atoms with E-state index in [4.69, 9.17) is 4.98 Å². The first-order chi connectivity index (χ1) is 15.7. The van der Waals surface area contributed by atoms with Crippen LogP contribution in [0.15, 0.2) is 53.9 Å². The first-order valence-electron chi connectivity index (χ1n) is 11.8. The highest BCUT2D eigenvalue weighted by Crippen LogP contribution is 2.54. The normalized spacial score (nSPS) is 21.5. The van der Waals surface area contributed by atoms with Gasteiger partial charge in [0.05, 0.1) is 11.1 Å². The van der Waals surface area contributed by atoms with Gasteiger partial charge in [0.25, 0.3) is 0 Å². The van der Waals surface area contributed by atoms with Crippen molar-refractivity contribution >= 4 is 11.6 Å². The smallest absolute Gasteiger partial charge is 0.162 e. The molecule has 5 rings (SSSR count). The predicted molar refractivity (Wildman–Crippen MR) is 132 cm³/mol. The Bertz CT molecular complexity index is 1310. The Morgan fingerprint density at radius 3 is 2.61 bits per heavy atom. The SMILES string of the molecule is CC[C@]1(c2cccc(-c3c(C)nn(C)c3C)c2)C2=C(CC(C)(C)CC2=O)Nc2ncccc21. The zero-order valence-electron chi connectivity index (χ0n) is 20.4. The highest BCUT2D eigenvalue weighted by atomic mass is 16.1. The highest BCUT2D eigenvalue weighted by Gasteiger charge is 2.49. The maximum Gasteiger partial charge on any atom is 0.162 e. The lowest BCUT2D eigenvalue weighted by Crippen LogP contribution is -2.43. The third-order valence-electron chi connectivity index (χ3n) is 7.52. The van der Waals surface area contributed by atoms with Crippen LogP contribution in [0.4, 0.5) is 5.82 Å². The van der Waals surface area contributed by atoms with Gasteiger partial charge in [-0.3, -0.25) is 9.48 Å². The number of rotatable bonds is 3. The maximum atomic E-state index is 13.7. The fraction of sp³-hybridized carbons (Fsp3) is 0.393. The quantitative estimate of drug-likeness (QED) is 0.554. The van der Waals surface area contributed by atoms with Crippen molar-refractivity contribution in [3.8, 4) is 11.1 Å². The van der Waals surface area contributed by atoms with Gasteiger partial charge in [0.15, 0.2) is 5.78 Å². The maximum absolute atomic E-state index is 13.7. The molecule has 0 bridgehead atoms. The van der Waals surface area contributed by atoms with E-state index in [0.29, 0.717) is 6.42 Å². The summed E-state index contributed by atoms with van der Waals surface area (Å²) in [4.78, 5) is 18.4. The van der Waals surface area contributed by atoms with Gasteiger partial charge in [-0.15, -0.1) is 0 Å². The van der Waals surface area contributed by atoms with Crippen molar-refractivity contribution in [1.82, 2.24) is 14.8 Å². The van der Waals surface area contributed by atoms with Crippen molar-refractivity contribution in [2.45, 2.75) is 59.3 Å². The zero-order valence-corrected chi connectivity index (χ0v) is 20.4. The van der Waals surface area contributed by atoms with Gasteiger partial charge in [0, 0.05) is 47.8 Å². The first kappa shape index (κ1) is 21.6. The van der Waals surface area contributed by atoms with Crippen LogP contribution in [0.3, 0.4) is 0 Å². The summed E-state index contributed by atoms with van der Waals surface area (Å²) in [5.74, 6) is 1.10. The van der Waals surface area contributed by atoms with E-state index in [9.17, 15) is 4.79 Å². The Kier molecular flexibility index (Phi) is 4.85. The molecule has 0 spiro atoms. The summed E-state index contributed by atoms with van der Waals surface area (Å²) < 4.78 is 1.93. The van der Waals surface area contributed by atoms with Gasteiger partial charge in [-0.05, 0) is 55.4 Å². The fourth-order valence-electron chi connectivity index (χ4n) is 6.05. The van der Waals surface area contributed by atoms with Crippen molar-refractivity contribution in [2.24, 2.45) is 12.5 Å². The molecule has 0 saturated carbocycles. The van der Waals surface area contributed by atoms with E-state index >= 15 is 0 Å². The van der Waals surface area contributed by atoms with Crippen LogP contribution in [0, 0.1) is 19.3 Å². The lowest BCUT2D eigenvalue weighted by Gasteiger charge is -2.46. The van der Waals surface area contributed by atoms with Gasteiger partial charge in [-0.25, -0.2) is 4.98 Å². The van der Waals surface area contributed by atoms with Crippen molar-refractivity contribution in [3.63, 3.8) is 0 Å². The van der Waals surface area contributed by atoms with Crippen molar-refractivity contribution < 1.29 is 4.79 Å². The minimum atomic E-state index is -0.530. The number of aryl methyl sites for hydroxylation is 2. The summed E-state index contributed by atoms with van der Waals surface area (Å²) in [5, 5.41) is 8.18. The van der Waals surface area contributed by atoms with Crippen LogP contribution in [-0.4, -0.2) is 20.5 Å². The third kappa shape index (κ3) is 3.17. The number of anilines is 1. The van der Waals surface area contributed by atoms with Crippen LogP contribution in [0.1, 0.15) is 62.5 Å². The number of nitrogens with zero attached hydrogens (tertiary/aromatic N) is 3. The summed E-state index contributed by atoms with van der Waals surface area (Å²) in [6.45, 7) is 10.7. The van der Waals surface area contributed by atoms with E-state index in [1.807, 2.05) is 24.0 Å². The third-order valence-corrected chi connectivity index (χ3v) is 7.52. The summed E-state index contributed by atoms with van der Waals surface area (Å²) >= 11 is 0. The number of fused-ring (bicyclic) bond motifs is 1. The van der Waals surface area contributed by atoms with Gasteiger partial charge >= 0.3 is 0 Å². The van der Waals surface area contributed by atoms with E-state index in [1.165, 1.54) is 0 Å². The molecule has 170 valence electrons. The second-order valence-electron chi connectivity index (χ2n) is 10.3. The molecule has 1 aliphatic heterocycles. The van der Waals surface area contributed by atoms with Gasteiger partial charge in [0.1, 0.15) is 5.82 Å². The number of allylic oxidation sites excluding steroid dienone is 2. The highest BCUT2D eigenvalue weighted by molar-refractivity contribution is 6.03. The Morgan fingerprint density at radius 1 is 1.12 bits per heavy atom. The van der Waals surface area contributed by atoms with E-state index < -0.39 is 5.41 Å². The van der Waals surface area contributed by atoms with Crippen LogP contribution in [-0.2, 0) is 17.3 Å². The molecule has 0 saturated heterocycles. The van der Waals surface area contributed by atoms with Crippen LogP contribution >= 0.6 is 0 Å². The molecular weight excluding hydrogens is 408 g/mol. The van der Waals surface area contributed by atoms with E-state index in [1.54, 1.807) is 0 Å². The minimum Gasteiger partial charge on any atom is -0.343 e. The number of carbonyl (C=O) groups excluding carboxylic acids is 1. The molecule has 0 unspecified atom stereocenters. The lowest BCUT2D eigenvalue weighted by molar-refractivity contribution is -0.118. The number of aromatic nitrogens is 3. The average molecular weight is 441 g/mol. The molecule has 5 nitrogen and oxygen atoms in total. The largest absolute Gasteiger partial charge is 0.343 e. The molecule has 2 aromatic heterocycles. The number of Topliss-reactive ketones (excluding diaryl/α,β-unsaturated/α-hetero) is 1. The van der Waals surface area contributed by atoms with E-state index in [2.05, 4.69) is 75.4 Å². The van der Waals surface area contributed by atoms with E-state index in [0.717, 1.165) is 63.6 Å². The van der Waals surface area contributed by atoms with Gasteiger partial charge in [-0.2, -0.15) is 5.10 Å². The molecule has 1 aliphatic carbocycles. The molecule has 2 aliphatic rings.